The van der Waals surface area contributed by atoms with Crippen molar-refractivity contribution < 1.29 is 32.1 Å². The Kier molecular flexibility index (Phi) is 7.24. The van der Waals surface area contributed by atoms with Crippen molar-refractivity contribution in [3.05, 3.63) is 59.3 Å². The van der Waals surface area contributed by atoms with E-state index in [4.69, 9.17) is 15.2 Å². The fourth-order valence-corrected chi connectivity index (χ4v) is 4.00. The van der Waals surface area contributed by atoms with Gasteiger partial charge in [-0.15, -0.1) is 0 Å². The van der Waals surface area contributed by atoms with E-state index in [0.717, 1.165) is 18.2 Å². The zero-order valence-electron chi connectivity index (χ0n) is 19.0. The van der Waals surface area contributed by atoms with Crippen molar-refractivity contribution in [1.82, 2.24) is 14.8 Å². The molecule has 3 aromatic rings. The molecular weight excluding hydrogens is 470 g/mol. The molecule has 4 atom stereocenters. The summed E-state index contributed by atoms with van der Waals surface area (Å²) >= 11 is 0. The van der Waals surface area contributed by atoms with Crippen molar-refractivity contribution in [3.63, 3.8) is 0 Å². The number of nitrogens with two attached hydrogens (primary N) is 1. The van der Waals surface area contributed by atoms with Crippen LogP contribution in [0.5, 0.6) is 5.75 Å². The summed E-state index contributed by atoms with van der Waals surface area (Å²) in [5, 5.41) is 17.7. The van der Waals surface area contributed by atoms with E-state index in [1.54, 1.807) is 7.05 Å². The minimum atomic E-state index is -1.50. The molecule has 3 heterocycles. The molecule has 0 radical (unpaired) electrons. The van der Waals surface area contributed by atoms with Crippen LogP contribution in [0.4, 0.5) is 23.2 Å². The average Bonchev–Trinajstić information content (AvgIpc) is 3.09. The summed E-state index contributed by atoms with van der Waals surface area (Å²) in [6, 6.07) is 3.30. The highest BCUT2D eigenvalue weighted by atomic mass is 19.1. The minimum absolute atomic E-state index is 0.0770. The van der Waals surface area contributed by atoms with Crippen LogP contribution in [0, 0.1) is 17.5 Å². The number of halogens is 4. The van der Waals surface area contributed by atoms with Gasteiger partial charge in [-0.1, -0.05) is 0 Å². The van der Waals surface area contributed by atoms with Crippen LogP contribution in [-0.2, 0) is 11.8 Å². The van der Waals surface area contributed by atoms with Crippen molar-refractivity contribution >= 4 is 5.69 Å². The Hall–Kier alpha value is -3.22. The molecule has 0 amide bonds. The lowest BCUT2D eigenvalue weighted by Crippen LogP contribution is -2.32. The smallest absolute Gasteiger partial charge is 0.168 e. The molecular formula is C23H25F4N5O3. The van der Waals surface area contributed by atoms with Crippen LogP contribution in [-0.4, -0.2) is 45.8 Å². The van der Waals surface area contributed by atoms with Gasteiger partial charge in [0.05, 0.1) is 42.6 Å². The third-order valence-electron chi connectivity index (χ3n) is 5.90. The summed E-state index contributed by atoms with van der Waals surface area (Å²) in [5.74, 6) is -3.20. The Morgan fingerprint density at radius 1 is 1.20 bits per heavy atom. The molecule has 4 N–H and O–H groups in total. The topological polar surface area (TPSA) is 107 Å². The van der Waals surface area contributed by atoms with Gasteiger partial charge in [0.2, 0.25) is 0 Å². The van der Waals surface area contributed by atoms with Crippen LogP contribution < -0.4 is 15.8 Å². The van der Waals surface area contributed by atoms with Gasteiger partial charge in [0.25, 0.3) is 0 Å². The van der Waals surface area contributed by atoms with Crippen molar-refractivity contribution in [2.24, 2.45) is 12.8 Å². The Balaban J connectivity index is 1.62. The van der Waals surface area contributed by atoms with E-state index in [1.807, 2.05) is 0 Å². The Bertz CT molecular complexity index is 1170. The summed E-state index contributed by atoms with van der Waals surface area (Å²) < 4.78 is 69.5. The van der Waals surface area contributed by atoms with E-state index < -0.39 is 53.3 Å². The molecule has 1 unspecified atom stereocenters. The first-order chi connectivity index (χ1) is 16.7. The van der Waals surface area contributed by atoms with Crippen molar-refractivity contribution in [3.8, 4) is 17.0 Å². The van der Waals surface area contributed by atoms with Crippen LogP contribution >= 0.6 is 0 Å². The van der Waals surface area contributed by atoms with Crippen LogP contribution in [0.2, 0.25) is 0 Å². The van der Waals surface area contributed by atoms with Gasteiger partial charge in [-0.2, -0.15) is 5.10 Å². The zero-order valence-corrected chi connectivity index (χ0v) is 19.0. The van der Waals surface area contributed by atoms with E-state index in [2.05, 4.69) is 15.4 Å². The number of nitrogens with zero attached hydrogens (tertiary/aromatic N) is 3. The number of hydrogen-bond donors (Lipinski definition) is 3. The molecule has 1 saturated heterocycles. The number of hydrogen-bond acceptors (Lipinski definition) is 7. The molecule has 0 bridgehead atoms. The third-order valence-corrected chi connectivity index (χ3v) is 5.90. The van der Waals surface area contributed by atoms with Gasteiger partial charge in [-0.05, 0) is 25.0 Å². The van der Waals surface area contributed by atoms with Crippen LogP contribution in [0.25, 0.3) is 11.3 Å². The van der Waals surface area contributed by atoms with Gasteiger partial charge in [-0.3, -0.25) is 4.68 Å². The maximum Gasteiger partial charge on any atom is 0.168 e. The molecule has 1 aromatic carbocycles. The number of nitrogens with one attached hydrogen (secondary N) is 1. The predicted octanol–water partition coefficient (Wildman–Crippen LogP) is 3.53. The molecule has 1 aliphatic heterocycles. The largest absolute Gasteiger partial charge is 0.497 e. The molecule has 35 heavy (non-hydrogen) atoms. The lowest BCUT2D eigenvalue weighted by Gasteiger charge is -2.20. The van der Waals surface area contributed by atoms with Crippen molar-refractivity contribution in [2.45, 2.75) is 37.4 Å². The number of aryl methyl sites for hydroxylation is 1. The first kappa shape index (κ1) is 24.9. The number of pyridine rings is 1. The highest BCUT2D eigenvalue weighted by molar-refractivity contribution is 5.63. The summed E-state index contributed by atoms with van der Waals surface area (Å²) in [4.78, 5) is 3.97. The first-order valence-electron chi connectivity index (χ1n) is 10.9. The second kappa shape index (κ2) is 10.2. The number of aliphatic hydroxyl groups is 1. The van der Waals surface area contributed by atoms with Crippen LogP contribution in [0.1, 0.15) is 36.6 Å². The monoisotopic (exact) mass is 495 g/mol. The summed E-state index contributed by atoms with van der Waals surface area (Å²) in [7, 11) is 2.91. The SMILES string of the molecule is COc1cc(F)c(-c2nc(C(O)Nc3cnn(C)c3[C@@H]3CC[C@@H](N)[C@H](F)CO3)ccc2F)c(F)c1. The molecule has 0 saturated carbocycles. The highest BCUT2D eigenvalue weighted by Crippen LogP contribution is 2.35. The van der Waals surface area contributed by atoms with Gasteiger partial charge < -0.3 is 25.6 Å². The standard InChI is InChI=1S/C23H25F4N5O3/c1-32-22(19-6-4-16(28)15(27)10-35-19)18(9-29-32)31-23(33)17-5-3-12(24)21(30-17)20-13(25)7-11(34-2)8-14(20)26/h3,5,7-9,15-16,19,23,31,33H,4,6,10,28H2,1-2H3/t15-,16-,19+,23?/m1/s1. The zero-order chi connectivity index (χ0) is 25.3. The molecule has 4 rings (SSSR count). The van der Waals surface area contributed by atoms with Gasteiger partial charge in [0, 0.05) is 25.2 Å². The van der Waals surface area contributed by atoms with E-state index >= 15 is 0 Å². The van der Waals surface area contributed by atoms with Crippen LogP contribution in [0.3, 0.4) is 0 Å². The summed E-state index contributed by atoms with van der Waals surface area (Å²) in [6.07, 6.45) is -1.07. The van der Waals surface area contributed by atoms with Gasteiger partial charge in [0.15, 0.2) is 6.23 Å². The number of benzene rings is 1. The average molecular weight is 495 g/mol. The van der Waals surface area contributed by atoms with E-state index in [-0.39, 0.29) is 18.1 Å². The molecule has 12 heteroatoms. The van der Waals surface area contributed by atoms with E-state index in [0.29, 0.717) is 24.2 Å². The highest BCUT2D eigenvalue weighted by Gasteiger charge is 2.30. The van der Waals surface area contributed by atoms with Gasteiger partial charge >= 0.3 is 0 Å². The quantitative estimate of drug-likeness (QED) is 0.355. The van der Waals surface area contributed by atoms with Crippen molar-refractivity contribution in [2.75, 3.05) is 19.0 Å². The lowest BCUT2D eigenvalue weighted by atomic mass is 10.0. The number of anilines is 1. The number of ether oxygens (including phenoxy) is 2. The Labute approximate surface area is 198 Å². The van der Waals surface area contributed by atoms with E-state index in [1.165, 1.54) is 24.1 Å². The number of alkyl halides is 1. The summed E-state index contributed by atoms with van der Waals surface area (Å²) in [6.45, 7) is -0.180. The summed E-state index contributed by atoms with van der Waals surface area (Å²) in [5.41, 5.74) is 5.32. The Morgan fingerprint density at radius 2 is 1.91 bits per heavy atom. The maximum absolute atomic E-state index is 14.5. The number of methoxy groups -OCH3 is 1. The van der Waals surface area contributed by atoms with E-state index in [9.17, 15) is 22.7 Å². The van der Waals surface area contributed by atoms with Crippen molar-refractivity contribution in [1.29, 1.82) is 0 Å². The maximum atomic E-state index is 14.5. The molecule has 1 aliphatic rings. The number of rotatable bonds is 6. The minimum Gasteiger partial charge on any atom is -0.497 e. The molecule has 1 fully saturated rings. The molecule has 8 nitrogen and oxygen atoms in total. The second-order valence-corrected chi connectivity index (χ2v) is 8.23. The predicted molar refractivity (Wildman–Crippen MR) is 119 cm³/mol. The second-order valence-electron chi connectivity index (χ2n) is 8.23. The molecule has 0 spiro atoms. The molecule has 188 valence electrons. The Morgan fingerprint density at radius 3 is 2.60 bits per heavy atom. The first-order valence-corrected chi connectivity index (χ1v) is 10.9. The van der Waals surface area contributed by atoms with Gasteiger partial charge in [-0.25, -0.2) is 22.5 Å². The van der Waals surface area contributed by atoms with Gasteiger partial charge in [0.1, 0.15) is 41.2 Å². The number of aromatic nitrogens is 3. The molecule has 2 aromatic heterocycles. The normalized spacial score (nSPS) is 21.4. The fraction of sp³-hybridized carbons (Fsp3) is 0.391. The van der Waals surface area contributed by atoms with Crippen LogP contribution in [0.15, 0.2) is 30.5 Å². The molecule has 0 aliphatic carbocycles. The third kappa shape index (κ3) is 5.09. The fourth-order valence-electron chi connectivity index (χ4n) is 4.00. The number of aliphatic hydroxyl groups excluding tert-OH is 1. The lowest BCUT2D eigenvalue weighted by molar-refractivity contribution is 0.0246.